The number of halogens is 1. The van der Waals surface area contributed by atoms with Gasteiger partial charge in [0, 0.05) is 28.4 Å². The first-order chi connectivity index (χ1) is 12.9. The van der Waals surface area contributed by atoms with Gasteiger partial charge in [0.25, 0.3) is 5.69 Å². The molecule has 1 aromatic heterocycles. The minimum Gasteiger partial charge on any atom is -0.335 e. The summed E-state index contributed by atoms with van der Waals surface area (Å²) in [5, 5.41) is 22.3. The van der Waals surface area contributed by atoms with E-state index in [4.69, 9.17) is 17.4 Å². The van der Waals surface area contributed by atoms with Gasteiger partial charge in [-0.3, -0.25) is 14.9 Å². The van der Waals surface area contributed by atoms with Crippen LogP contribution in [0.1, 0.15) is 0 Å². The van der Waals surface area contributed by atoms with Crippen LogP contribution < -0.4 is 11.2 Å². The molecule has 3 rings (SSSR count). The second-order valence-electron chi connectivity index (χ2n) is 5.32. The number of benzene rings is 2. The number of nitrogens with one attached hydrogen (secondary N) is 1. The summed E-state index contributed by atoms with van der Waals surface area (Å²) in [5.41, 5.74) is 1.16. The number of nitrogens with zero attached hydrogens (tertiary/aromatic N) is 4. The van der Waals surface area contributed by atoms with E-state index >= 15 is 0 Å². The van der Waals surface area contributed by atoms with Crippen molar-refractivity contribution >= 4 is 40.6 Å². The maximum absolute atomic E-state index is 12.1. The second-order valence-corrected chi connectivity index (χ2v) is 6.70. The highest BCUT2D eigenvalue weighted by Gasteiger charge is 2.14. The summed E-state index contributed by atoms with van der Waals surface area (Å²) in [7, 11) is 0. The van der Waals surface area contributed by atoms with Gasteiger partial charge in [-0.2, -0.15) is 0 Å². The zero-order valence-corrected chi connectivity index (χ0v) is 15.3. The molecule has 0 atom stereocenters. The molecule has 0 fully saturated rings. The Labute approximate surface area is 162 Å². The zero-order valence-electron chi connectivity index (χ0n) is 13.7. The molecule has 9 nitrogen and oxygen atoms in total. The minimum absolute atomic E-state index is 0.0478. The number of carbonyl (C=O) groups excluding carboxylic acids is 1. The van der Waals surface area contributed by atoms with Crippen LogP contribution in [-0.2, 0) is 4.79 Å². The maximum atomic E-state index is 12.1. The van der Waals surface area contributed by atoms with Gasteiger partial charge in [-0.1, -0.05) is 23.4 Å². The first-order valence-corrected chi connectivity index (χ1v) is 8.94. The van der Waals surface area contributed by atoms with E-state index in [2.05, 4.69) is 15.5 Å². The van der Waals surface area contributed by atoms with Gasteiger partial charge in [0.1, 0.15) is 0 Å². The lowest BCUT2D eigenvalue weighted by molar-refractivity contribution is -0.384. The SMILES string of the molecule is Nn1c(SCC(=O)Nc2ccc([N+](=O)[O-])cc2)nnc1-c1ccc(Cl)cc1. The van der Waals surface area contributed by atoms with Crippen molar-refractivity contribution in [3.8, 4) is 11.4 Å². The molecule has 0 aliphatic heterocycles. The molecule has 0 saturated carbocycles. The van der Waals surface area contributed by atoms with Crippen molar-refractivity contribution in [3.05, 3.63) is 63.7 Å². The molecule has 0 radical (unpaired) electrons. The molecule has 0 aliphatic carbocycles. The number of non-ortho nitro benzene ring substituents is 1. The van der Waals surface area contributed by atoms with Gasteiger partial charge in [-0.15, -0.1) is 10.2 Å². The number of aromatic nitrogens is 3. The Bertz CT molecular complexity index is 975. The summed E-state index contributed by atoms with van der Waals surface area (Å²) in [4.78, 5) is 22.2. The van der Waals surface area contributed by atoms with E-state index in [1.54, 1.807) is 24.3 Å². The number of hydrogen-bond donors (Lipinski definition) is 2. The lowest BCUT2D eigenvalue weighted by atomic mass is 10.2. The average Bonchev–Trinajstić information content (AvgIpc) is 3.02. The van der Waals surface area contributed by atoms with Crippen LogP contribution in [-0.4, -0.2) is 31.5 Å². The molecule has 0 bridgehead atoms. The van der Waals surface area contributed by atoms with E-state index in [9.17, 15) is 14.9 Å². The Morgan fingerprint density at radius 1 is 1.19 bits per heavy atom. The molecule has 1 amide bonds. The number of nitro groups is 1. The van der Waals surface area contributed by atoms with Crippen LogP contribution in [0, 0.1) is 10.1 Å². The molecule has 11 heteroatoms. The third-order valence-corrected chi connectivity index (χ3v) is 4.66. The van der Waals surface area contributed by atoms with Gasteiger partial charge >= 0.3 is 0 Å². The van der Waals surface area contributed by atoms with Crippen molar-refractivity contribution in [3.63, 3.8) is 0 Å². The molecule has 0 spiro atoms. The lowest BCUT2D eigenvalue weighted by Crippen LogP contribution is -2.16. The highest BCUT2D eigenvalue weighted by molar-refractivity contribution is 7.99. The van der Waals surface area contributed by atoms with Crippen molar-refractivity contribution in [1.29, 1.82) is 0 Å². The normalized spacial score (nSPS) is 10.6. The summed E-state index contributed by atoms with van der Waals surface area (Å²) in [5.74, 6) is 6.20. The summed E-state index contributed by atoms with van der Waals surface area (Å²) >= 11 is 6.98. The van der Waals surface area contributed by atoms with Crippen LogP contribution in [0.5, 0.6) is 0 Å². The standard InChI is InChI=1S/C16H13ClN6O3S/c17-11-3-1-10(2-4-11)15-20-21-16(22(15)18)27-9-14(24)19-12-5-7-13(8-6-12)23(25)26/h1-8H,9,18H2,(H,19,24). The van der Waals surface area contributed by atoms with Gasteiger partial charge < -0.3 is 11.2 Å². The summed E-state index contributed by atoms with van der Waals surface area (Å²) in [6.07, 6.45) is 0. The fourth-order valence-corrected chi connectivity index (χ4v) is 2.95. The third-order valence-electron chi connectivity index (χ3n) is 3.46. The fourth-order valence-electron chi connectivity index (χ4n) is 2.16. The Balaban J connectivity index is 1.60. The van der Waals surface area contributed by atoms with E-state index in [-0.39, 0.29) is 17.3 Å². The topological polar surface area (TPSA) is 129 Å². The van der Waals surface area contributed by atoms with Gasteiger partial charge in [0.05, 0.1) is 10.7 Å². The van der Waals surface area contributed by atoms with E-state index in [0.717, 1.165) is 17.3 Å². The summed E-state index contributed by atoms with van der Waals surface area (Å²) < 4.78 is 1.30. The quantitative estimate of drug-likeness (QED) is 0.279. The van der Waals surface area contributed by atoms with Crippen molar-refractivity contribution in [2.75, 3.05) is 16.9 Å². The Hall–Kier alpha value is -3.11. The van der Waals surface area contributed by atoms with Crippen LogP contribution in [0.25, 0.3) is 11.4 Å². The molecule has 3 N–H and O–H groups in total. The van der Waals surface area contributed by atoms with E-state index in [1.807, 2.05) is 0 Å². The van der Waals surface area contributed by atoms with Crippen LogP contribution in [0.4, 0.5) is 11.4 Å². The van der Waals surface area contributed by atoms with Gasteiger partial charge in [-0.05, 0) is 36.4 Å². The maximum Gasteiger partial charge on any atom is 0.269 e. The number of nitro benzene ring substituents is 1. The molecule has 0 saturated heterocycles. The molecule has 0 unspecified atom stereocenters. The first kappa shape index (κ1) is 18.7. The highest BCUT2D eigenvalue weighted by atomic mass is 35.5. The summed E-state index contributed by atoms with van der Waals surface area (Å²) in [6, 6.07) is 12.5. The number of rotatable bonds is 6. The van der Waals surface area contributed by atoms with Crippen molar-refractivity contribution < 1.29 is 9.72 Å². The van der Waals surface area contributed by atoms with E-state index < -0.39 is 4.92 Å². The number of thioether (sulfide) groups is 1. The van der Waals surface area contributed by atoms with Crippen molar-refractivity contribution in [1.82, 2.24) is 14.9 Å². The highest BCUT2D eigenvalue weighted by Crippen LogP contribution is 2.23. The van der Waals surface area contributed by atoms with Crippen LogP contribution in [0.3, 0.4) is 0 Å². The first-order valence-electron chi connectivity index (χ1n) is 7.57. The molecule has 2 aromatic carbocycles. The average molecular weight is 405 g/mol. The number of nitrogen functional groups attached to an aromatic ring is 1. The number of anilines is 1. The van der Waals surface area contributed by atoms with E-state index in [1.165, 1.54) is 28.9 Å². The van der Waals surface area contributed by atoms with Crippen molar-refractivity contribution in [2.45, 2.75) is 5.16 Å². The number of hydrogen-bond acceptors (Lipinski definition) is 7. The Morgan fingerprint density at radius 2 is 1.85 bits per heavy atom. The predicted molar refractivity (Wildman–Crippen MR) is 103 cm³/mol. The smallest absolute Gasteiger partial charge is 0.269 e. The predicted octanol–water partition coefficient (Wildman–Crippen LogP) is 2.95. The monoisotopic (exact) mass is 404 g/mol. The lowest BCUT2D eigenvalue weighted by Gasteiger charge is -2.05. The van der Waals surface area contributed by atoms with Gasteiger partial charge in [-0.25, -0.2) is 4.68 Å². The molecule has 1 heterocycles. The van der Waals surface area contributed by atoms with Crippen LogP contribution in [0.2, 0.25) is 5.02 Å². The van der Waals surface area contributed by atoms with Crippen molar-refractivity contribution in [2.24, 2.45) is 0 Å². The number of amides is 1. The van der Waals surface area contributed by atoms with Crippen LogP contribution >= 0.6 is 23.4 Å². The Kier molecular flexibility index (Phi) is 5.57. The molecule has 27 heavy (non-hydrogen) atoms. The molecule has 0 aliphatic rings. The molecule has 138 valence electrons. The number of nitrogens with two attached hydrogens (primary N) is 1. The number of carbonyl (C=O) groups is 1. The zero-order chi connectivity index (χ0) is 19.4. The Morgan fingerprint density at radius 3 is 2.48 bits per heavy atom. The van der Waals surface area contributed by atoms with Gasteiger partial charge in [0.15, 0.2) is 5.82 Å². The van der Waals surface area contributed by atoms with E-state index in [0.29, 0.717) is 21.7 Å². The summed E-state index contributed by atoms with van der Waals surface area (Å²) in [6.45, 7) is 0. The molecular weight excluding hydrogens is 392 g/mol. The fraction of sp³-hybridized carbons (Fsp3) is 0.0625. The minimum atomic E-state index is -0.506. The molecular formula is C16H13ClN6O3S. The second kappa shape index (κ2) is 8.06. The van der Waals surface area contributed by atoms with Crippen LogP contribution in [0.15, 0.2) is 53.7 Å². The largest absolute Gasteiger partial charge is 0.335 e. The van der Waals surface area contributed by atoms with Gasteiger partial charge in [0.2, 0.25) is 11.1 Å². The molecule has 3 aromatic rings. The third kappa shape index (κ3) is 4.54.